The summed E-state index contributed by atoms with van der Waals surface area (Å²) in [6, 6.07) is 10.9. The molecule has 3 rings (SSSR count). The van der Waals surface area contributed by atoms with Gasteiger partial charge in [-0.1, -0.05) is 23.7 Å². The number of rotatable bonds is 13. The van der Waals surface area contributed by atoms with Crippen molar-refractivity contribution < 1.29 is 18.9 Å². The number of ether oxygens (including phenoxy) is 4. The molecule has 1 heterocycles. The fraction of sp³-hybridized carbons (Fsp3) is 0.560. The summed E-state index contributed by atoms with van der Waals surface area (Å²) < 4.78 is 21.7. The van der Waals surface area contributed by atoms with Crippen LogP contribution in [0.2, 0.25) is 5.02 Å². The van der Waals surface area contributed by atoms with Crippen LogP contribution in [0.4, 0.5) is 5.69 Å². The van der Waals surface area contributed by atoms with Crippen molar-refractivity contribution in [3.63, 3.8) is 0 Å². The van der Waals surface area contributed by atoms with Gasteiger partial charge in [0, 0.05) is 26.0 Å². The van der Waals surface area contributed by atoms with Crippen LogP contribution >= 0.6 is 11.6 Å². The molecule has 1 aliphatic rings. The van der Waals surface area contributed by atoms with E-state index in [2.05, 4.69) is 34.6 Å². The topological polar surface area (TPSA) is 61.8 Å². The number of aromatic nitrogens is 1. The van der Waals surface area contributed by atoms with Crippen LogP contribution < -0.4 is 10.1 Å². The second kappa shape index (κ2) is 13.6. The Balaban J connectivity index is 1.40. The standard InChI is InChI=1S/C25H35ClN2O4/c1-3-30-14-15-31-16-17-32-22-10-6-20(7-11-22)19-4-8-21(9-5-19)28-23-12-13-27-24(18-29-2)25(23)26/h6-7,10-13,19,21H,3-5,8-9,14-18H2,1-2H3,(H,27,28). The zero-order valence-electron chi connectivity index (χ0n) is 19.1. The molecular formula is C25H35ClN2O4. The number of pyridine rings is 1. The highest BCUT2D eigenvalue weighted by Crippen LogP contribution is 2.36. The largest absolute Gasteiger partial charge is 0.491 e. The summed E-state index contributed by atoms with van der Waals surface area (Å²) in [6.07, 6.45) is 6.31. The molecule has 6 nitrogen and oxygen atoms in total. The van der Waals surface area contributed by atoms with Gasteiger partial charge in [-0.15, -0.1) is 0 Å². The molecule has 32 heavy (non-hydrogen) atoms. The van der Waals surface area contributed by atoms with E-state index in [0.717, 1.165) is 49.4 Å². The minimum absolute atomic E-state index is 0.418. The van der Waals surface area contributed by atoms with Gasteiger partial charge in [-0.05, 0) is 62.3 Å². The Bertz CT molecular complexity index is 795. The summed E-state index contributed by atoms with van der Waals surface area (Å²) in [7, 11) is 1.65. The SMILES string of the molecule is CCOCCOCCOc1ccc(C2CCC(Nc3ccnc(COC)c3Cl)CC2)cc1. The lowest BCUT2D eigenvalue weighted by Crippen LogP contribution is -2.25. The molecule has 176 valence electrons. The molecular weight excluding hydrogens is 428 g/mol. The third kappa shape index (κ3) is 7.62. The number of nitrogens with zero attached hydrogens (tertiary/aromatic N) is 1. The second-order valence-corrected chi connectivity index (χ2v) is 8.35. The van der Waals surface area contributed by atoms with E-state index in [1.165, 1.54) is 5.56 Å². The quantitative estimate of drug-likeness (QED) is 0.399. The van der Waals surface area contributed by atoms with Crippen molar-refractivity contribution in [2.24, 2.45) is 0 Å². The number of nitrogens with one attached hydrogen (secondary N) is 1. The van der Waals surface area contributed by atoms with Gasteiger partial charge in [-0.3, -0.25) is 4.98 Å². The molecule has 7 heteroatoms. The van der Waals surface area contributed by atoms with E-state index >= 15 is 0 Å². The van der Waals surface area contributed by atoms with Crippen molar-refractivity contribution >= 4 is 17.3 Å². The fourth-order valence-corrected chi connectivity index (χ4v) is 4.27. The molecule has 1 fully saturated rings. The lowest BCUT2D eigenvalue weighted by atomic mass is 9.81. The molecule has 0 aliphatic heterocycles. The molecule has 0 amide bonds. The maximum Gasteiger partial charge on any atom is 0.119 e. The Kier molecular flexibility index (Phi) is 10.6. The minimum Gasteiger partial charge on any atom is -0.491 e. The number of halogens is 1. The molecule has 1 aromatic carbocycles. The molecule has 1 saturated carbocycles. The van der Waals surface area contributed by atoms with Crippen LogP contribution in [0, 0.1) is 0 Å². The molecule has 0 atom stereocenters. The van der Waals surface area contributed by atoms with E-state index in [9.17, 15) is 0 Å². The van der Waals surface area contributed by atoms with Crippen molar-refractivity contribution in [1.82, 2.24) is 4.98 Å². The zero-order valence-corrected chi connectivity index (χ0v) is 19.9. The predicted molar refractivity (Wildman–Crippen MR) is 128 cm³/mol. The van der Waals surface area contributed by atoms with Crippen molar-refractivity contribution in [3.8, 4) is 5.75 Å². The normalized spacial score (nSPS) is 18.5. The van der Waals surface area contributed by atoms with Gasteiger partial charge in [0.25, 0.3) is 0 Å². The first-order valence-electron chi connectivity index (χ1n) is 11.5. The number of anilines is 1. The molecule has 0 bridgehead atoms. The average molecular weight is 463 g/mol. The molecule has 2 aromatic rings. The van der Waals surface area contributed by atoms with E-state index < -0.39 is 0 Å². The summed E-state index contributed by atoms with van der Waals surface area (Å²) in [5, 5.41) is 4.27. The lowest BCUT2D eigenvalue weighted by Gasteiger charge is -2.30. The third-order valence-corrected chi connectivity index (χ3v) is 6.18. The number of benzene rings is 1. The number of hydrogen-bond acceptors (Lipinski definition) is 6. The van der Waals surface area contributed by atoms with E-state index in [0.29, 0.717) is 50.0 Å². The molecule has 1 N–H and O–H groups in total. The van der Waals surface area contributed by atoms with Crippen molar-refractivity contribution in [2.75, 3.05) is 45.5 Å². The highest BCUT2D eigenvalue weighted by Gasteiger charge is 2.23. The van der Waals surface area contributed by atoms with Gasteiger partial charge in [-0.2, -0.15) is 0 Å². The van der Waals surface area contributed by atoms with Crippen LogP contribution in [0.5, 0.6) is 5.75 Å². The first-order valence-corrected chi connectivity index (χ1v) is 11.9. The van der Waals surface area contributed by atoms with E-state index in [1.807, 2.05) is 13.0 Å². The van der Waals surface area contributed by atoms with E-state index in [4.69, 9.17) is 30.5 Å². The van der Waals surface area contributed by atoms with Gasteiger partial charge in [0.1, 0.15) is 12.4 Å². The van der Waals surface area contributed by atoms with Gasteiger partial charge in [0.05, 0.1) is 42.8 Å². The van der Waals surface area contributed by atoms with Crippen LogP contribution in [-0.4, -0.2) is 51.2 Å². The predicted octanol–water partition coefficient (Wildman–Crippen LogP) is 5.45. The maximum absolute atomic E-state index is 6.49. The summed E-state index contributed by atoms with van der Waals surface area (Å²) in [5.41, 5.74) is 3.10. The molecule has 0 saturated heterocycles. The highest BCUT2D eigenvalue weighted by molar-refractivity contribution is 6.33. The summed E-state index contributed by atoms with van der Waals surface area (Å²) >= 11 is 6.49. The molecule has 1 aromatic heterocycles. The van der Waals surface area contributed by atoms with Gasteiger partial charge >= 0.3 is 0 Å². The lowest BCUT2D eigenvalue weighted by molar-refractivity contribution is 0.0405. The zero-order chi connectivity index (χ0) is 22.6. The number of hydrogen-bond donors (Lipinski definition) is 1. The monoisotopic (exact) mass is 462 g/mol. The van der Waals surface area contributed by atoms with Crippen LogP contribution in [0.25, 0.3) is 0 Å². The van der Waals surface area contributed by atoms with Crippen molar-refractivity contribution in [2.45, 2.75) is 51.2 Å². The van der Waals surface area contributed by atoms with Crippen molar-refractivity contribution in [1.29, 1.82) is 0 Å². The highest BCUT2D eigenvalue weighted by atomic mass is 35.5. The molecule has 1 aliphatic carbocycles. The molecule has 0 radical (unpaired) electrons. The Morgan fingerprint density at radius 3 is 2.41 bits per heavy atom. The van der Waals surface area contributed by atoms with Crippen LogP contribution in [0.15, 0.2) is 36.5 Å². The summed E-state index contributed by atoms with van der Waals surface area (Å²) in [6.45, 7) is 5.48. The van der Waals surface area contributed by atoms with Gasteiger partial charge in [0.2, 0.25) is 0 Å². The first kappa shape index (κ1) is 24.8. The second-order valence-electron chi connectivity index (χ2n) is 7.97. The van der Waals surface area contributed by atoms with Gasteiger partial charge in [0.15, 0.2) is 0 Å². The Morgan fingerprint density at radius 1 is 0.969 bits per heavy atom. The molecule has 0 unspecified atom stereocenters. The van der Waals surface area contributed by atoms with E-state index in [1.54, 1.807) is 13.3 Å². The fourth-order valence-electron chi connectivity index (χ4n) is 4.05. The van der Waals surface area contributed by atoms with Crippen LogP contribution in [0.3, 0.4) is 0 Å². The van der Waals surface area contributed by atoms with Crippen LogP contribution in [-0.2, 0) is 20.8 Å². The van der Waals surface area contributed by atoms with Gasteiger partial charge < -0.3 is 24.3 Å². The van der Waals surface area contributed by atoms with Crippen molar-refractivity contribution in [3.05, 3.63) is 52.8 Å². The summed E-state index contributed by atoms with van der Waals surface area (Å²) in [4.78, 5) is 4.30. The summed E-state index contributed by atoms with van der Waals surface area (Å²) in [5.74, 6) is 1.47. The molecule has 0 spiro atoms. The Morgan fingerprint density at radius 2 is 1.69 bits per heavy atom. The smallest absolute Gasteiger partial charge is 0.119 e. The Hall–Kier alpha value is -1.86. The average Bonchev–Trinajstić information content (AvgIpc) is 2.82. The van der Waals surface area contributed by atoms with Crippen LogP contribution in [0.1, 0.15) is 49.8 Å². The van der Waals surface area contributed by atoms with E-state index in [-0.39, 0.29) is 0 Å². The minimum atomic E-state index is 0.418. The first-order chi connectivity index (χ1) is 15.7. The third-order valence-electron chi connectivity index (χ3n) is 5.75. The number of methoxy groups -OCH3 is 1. The van der Waals surface area contributed by atoms with Gasteiger partial charge in [-0.25, -0.2) is 0 Å². The Labute approximate surface area is 196 Å². The maximum atomic E-state index is 6.49.